The molecule has 0 aliphatic carbocycles. The van der Waals surface area contributed by atoms with E-state index in [2.05, 4.69) is 9.84 Å². The van der Waals surface area contributed by atoms with E-state index in [1.54, 1.807) is 19.1 Å². The third-order valence-electron chi connectivity index (χ3n) is 4.48. The largest absolute Gasteiger partial charge is 0.573 e. The molecule has 3 rings (SSSR count). The van der Waals surface area contributed by atoms with Crippen molar-refractivity contribution in [2.45, 2.75) is 31.5 Å². The van der Waals surface area contributed by atoms with Gasteiger partial charge in [-0.25, -0.2) is 9.48 Å². The van der Waals surface area contributed by atoms with Crippen LogP contribution < -0.4 is 10.2 Å². The Balaban J connectivity index is 2.35. The molecule has 0 bridgehead atoms. The minimum Gasteiger partial charge on any atom is -0.476 e. The number of alkyl halides is 3. The highest BCUT2D eigenvalue weighted by atomic mass is 32.2. The zero-order valence-electron chi connectivity index (χ0n) is 16.4. The molecule has 1 unspecified atom stereocenters. The average molecular weight is 454 g/mol. The van der Waals surface area contributed by atoms with Crippen LogP contribution in [0.4, 0.5) is 13.2 Å². The van der Waals surface area contributed by atoms with Gasteiger partial charge in [-0.15, -0.1) is 13.2 Å². The molecule has 164 valence electrons. The number of aromatic carboxylic acids is 1. The molecule has 0 saturated heterocycles. The summed E-state index contributed by atoms with van der Waals surface area (Å²) < 4.78 is 55.0. The second-order valence-electron chi connectivity index (χ2n) is 6.37. The number of aryl methyl sites for hydroxylation is 1. The fraction of sp³-hybridized carbons (Fsp3) is 0.250. The van der Waals surface area contributed by atoms with Gasteiger partial charge < -0.3 is 9.84 Å². The molecule has 0 aliphatic heterocycles. The van der Waals surface area contributed by atoms with Gasteiger partial charge in [-0.2, -0.15) is 5.10 Å². The third-order valence-corrected chi connectivity index (χ3v) is 5.92. The van der Waals surface area contributed by atoms with Crippen LogP contribution in [-0.2, 0) is 17.2 Å². The van der Waals surface area contributed by atoms with Crippen LogP contribution in [0.3, 0.4) is 0 Å². The number of hydrogen-bond acceptors (Lipinski definition) is 5. The van der Waals surface area contributed by atoms with E-state index in [0.717, 1.165) is 16.8 Å². The molecule has 0 fully saturated rings. The number of ether oxygens (including phenoxy) is 1. The van der Waals surface area contributed by atoms with Crippen molar-refractivity contribution in [3.63, 3.8) is 0 Å². The van der Waals surface area contributed by atoms with Gasteiger partial charge in [-0.1, -0.05) is 19.9 Å². The van der Waals surface area contributed by atoms with Crippen LogP contribution in [0.5, 0.6) is 5.75 Å². The van der Waals surface area contributed by atoms with Crippen LogP contribution in [0.2, 0.25) is 0 Å². The fourth-order valence-corrected chi connectivity index (χ4v) is 4.36. The molecule has 1 N–H and O–H groups in total. The first-order valence-corrected chi connectivity index (χ1v) is 10.5. The lowest BCUT2D eigenvalue weighted by atomic mass is 10.1. The van der Waals surface area contributed by atoms with E-state index in [9.17, 15) is 32.1 Å². The predicted molar refractivity (Wildman–Crippen MR) is 107 cm³/mol. The van der Waals surface area contributed by atoms with Crippen LogP contribution in [0.25, 0.3) is 16.6 Å². The quantitative estimate of drug-likeness (QED) is 0.610. The lowest BCUT2D eigenvalue weighted by molar-refractivity contribution is -0.274. The average Bonchev–Trinajstić information content (AvgIpc) is 2.72. The highest BCUT2D eigenvalue weighted by Gasteiger charge is 2.31. The lowest BCUT2D eigenvalue weighted by Crippen LogP contribution is -2.24. The van der Waals surface area contributed by atoms with Gasteiger partial charge in [-0.3, -0.25) is 9.00 Å². The number of benzene rings is 2. The number of halogens is 3. The first-order chi connectivity index (χ1) is 14.6. The number of rotatable bonds is 6. The summed E-state index contributed by atoms with van der Waals surface area (Å²) in [6.45, 7) is 3.49. The molecule has 2 aromatic carbocycles. The Hall–Kier alpha value is -3.21. The molecule has 0 spiro atoms. The highest BCUT2D eigenvalue weighted by Crippen LogP contribution is 2.28. The summed E-state index contributed by atoms with van der Waals surface area (Å²) in [6.07, 6.45) is -4.40. The molecule has 3 aromatic rings. The normalized spacial score (nSPS) is 12.7. The van der Waals surface area contributed by atoms with Gasteiger partial charge in [0, 0.05) is 5.75 Å². The SMILES string of the molecule is CCc1ccc2c(c1S(=O)CC)c(=O)c(C(=O)O)nn2-c1ccc(OC(F)(F)F)cc1. The van der Waals surface area contributed by atoms with Crippen LogP contribution in [0.15, 0.2) is 46.1 Å². The topological polar surface area (TPSA) is 98.5 Å². The van der Waals surface area contributed by atoms with E-state index in [0.29, 0.717) is 12.0 Å². The minimum absolute atomic E-state index is 0.0393. The Morgan fingerprint density at radius 2 is 1.81 bits per heavy atom. The Bertz CT molecular complexity index is 1240. The number of hydrogen-bond donors (Lipinski definition) is 1. The molecule has 0 amide bonds. The second-order valence-corrected chi connectivity index (χ2v) is 8.05. The summed E-state index contributed by atoms with van der Waals surface area (Å²) in [5.74, 6) is -1.84. The van der Waals surface area contributed by atoms with Crippen molar-refractivity contribution < 1.29 is 32.0 Å². The third kappa shape index (κ3) is 4.46. The van der Waals surface area contributed by atoms with Crippen molar-refractivity contribution in [1.82, 2.24) is 9.78 Å². The molecular weight excluding hydrogens is 437 g/mol. The van der Waals surface area contributed by atoms with Crippen molar-refractivity contribution >= 4 is 27.7 Å². The smallest absolute Gasteiger partial charge is 0.476 e. The van der Waals surface area contributed by atoms with Gasteiger partial charge >= 0.3 is 12.3 Å². The highest BCUT2D eigenvalue weighted by molar-refractivity contribution is 7.85. The Labute approximate surface area is 176 Å². The molecule has 1 heterocycles. The monoisotopic (exact) mass is 454 g/mol. The standard InChI is InChI=1S/C20H17F3N2O5S/c1-3-11-5-10-14-15(18(11)31(29)4-2)17(26)16(19(27)28)24-25(14)12-6-8-13(9-7-12)30-20(21,22)23/h5-10H,3-4H2,1-2H3,(H,27,28). The maximum absolute atomic E-state index is 12.9. The van der Waals surface area contributed by atoms with Crippen molar-refractivity contribution in [3.05, 3.63) is 57.9 Å². The number of carboxylic acid groups (broad SMARTS) is 1. The molecule has 31 heavy (non-hydrogen) atoms. The van der Waals surface area contributed by atoms with Crippen LogP contribution in [0.1, 0.15) is 29.9 Å². The molecule has 0 aliphatic rings. The summed E-state index contributed by atoms with van der Waals surface area (Å²) in [4.78, 5) is 24.8. The maximum Gasteiger partial charge on any atom is 0.573 e. The molecular formula is C20H17F3N2O5S. The van der Waals surface area contributed by atoms with E-state index < -0.39 is 40.0 Å². The fourth-order valence-electron chi connectivity index (χ4n) is 3.14. The van der Waals surface area contributed by atoms with Crippen LogP contribution in [0, 0.1) is 0 Å². The van der Waals surface area contributed by atoms with Gasteiger partial charge in [-0.05, 0) is 42.3 Å². The first kappa shape index (κ1) is 22.5. The van der Waals surface area contributed by atoms with Gasteiger partial charge in [0.05, 0.1) is 32.3 Å². The van der Waals surface area contributed by atoms with Gasteiger partial charge in [0.25, 0.3) is 0 Å². The van der Waals surface area contributed by atoms with Crippen molar-refractivity contribution in [1.29, 1.82) is 0 Å². The Morgan fingerprint density at radius 1 is 1.16 bits per heavy atom. The summed E-state index contributed by atoms with van der Waals surface area (Å²) in [5, 5.41) is 13.3. The second kappa shape index (κ2) is 8.50. The molecule has 1 atom stereocenters. The molecule has 1 aromatic heterocycles. The number of carbonyl (C=O) groups is 1. The zero-order valence-corrected chi connectivity index (χ0v) is 17.2. The van der Waals surface area contributed by atoms with Crippen LogP contribution in [-0.4, -0.2) is 37.2 Å². The van der Waals surface area contributed by atoms with Crippen LogP contribution >= 0.6 is 0 Å². The van der Waals surface area contributed by atoms with Crippen molar-refractivity contribution in [2.24, 2.45) is 0 Å². The number of nitrogens with zero attached hydrogens (tertiary/aromatic N) is 2. The minimum atomic E-state index is -4.87. The molecule has 0 saturated carbocycles. The summed E-state index contributed by atoms with van der Waals surface area (Å²) in [7, 11) is -1.57. The van der Waals surface area contributed by atoms with E-state index in [-0.39, 0.29) is 27.2 Å². The van der Waals surface area contributed by atoms with Crippen molar-refractivity contribution in [3.8, 4) is 11.4 Å². The van der Waals surface area contributed by atoms with E-state index in [1.807, 2.05) is 6.92 Å². The first-order valence-electron chi connectivity index (χ1n) is 9.14. The summed E-state index contributed by atoms with van der Waals surface area (Å²) in [5.41, 5.74) is -0.644. The number of carboxylic acids is 1. The molecule has 7 nitrogen and oxygen atoms in total. The predicted octanol–water partition coefficient (Wildman–Crippen LogP) is 3.67. The van der Waals surface area contributed by atoms with Gasteiger partial charge in [0.2, 0.25) is 11.1 Å². The Morgan fingerprint density at radius 3 is 2.32 bits per heavy atom. The van der Waals surface area contributed by atoms with Gasteiger partial charge in [0.15, 0.2) is 0 Å². The number of aromatic nitrogens is 2. The summed E-state index contributed by atoms with van der Waals surface area (Å²) >= 11 is 0. The molecule has 11 heteroatoms. The number of fused-ring (bicyclic) bond motifs is 1. The van der Waals surface area contributed by atoms with E-state index in [4.69, 9.17) is 0 Å². The zero-order chi connectivity index (χ0) is 22.9. The van der Waals surface area contributed by atoms with E-state index in [1.165, 1.54) is 12.1 Å². The molecule has 0 radical (unpaired) electrons. The lowest BCUT2D eigenvalue weighted by Gasteiger charge is -2.16. The summed E-state index contributed by atoms with van der Waals surface area (Å²) in [6, 6.07) is 7.79. The van der Waals surface area contributed by atoms with E-state index >= 15 is 0 Å². The Kier molecular flexibility index (Phi) is 6.16. The van der Waals surface area contributed by atoms with Gasteiger partial charge in [0.1, 0.15) is 5.75 Å². The van der Waals surface area contributed by atoms with Crippen molar-refractivity contribution in [2.75, 3.05) is 5.75 Å². The maximum atomic E-state index is 12.9.